The van der Waals surface area contributed by atoms with Gasteiger partial charge in [-0.3, -0.25) is 4.57 Å². The molecule has 3 rings (SSSR count). The van der Waals surface area contributed by atoms with Gasteiger partial charge in [0.15, 0.2) is 5.82 Å². The molecule has 4 N–H and O–H groups in total. The van der Waals surface area contributed by atoms with Gasteiger partial charge < -0.3 is 20.7 Å². The first-order valence-electron chi connectivity index (χ1n) is 8.74. The second kappa shape index (κ2) is 7.55. The summed E-state index contributed by atoms with van der Waals surface area (Å²) in [7, 11) is 0. The fraction of sp³-hybridized carbons (Fsp3) is 0.263. The van der Waals surface area contributed by atoms with Crippen molar-refractivity contribution in [1.82, 2.24) is 19.7 Å². The van der Waals surface area contributed by atoms with E-state index in [0.717, 1.165) is 0 Å². The van der Waals surface area contributed by atoms with E-state index < -0.39 is 5.97 Å². The Morgan fingerprint density at radius 2 is 1.96 bits per heavy atom. The van der Waals surface area contributed by atoms with E-state index in [1.165, 1.54) is 16.8 Å². The number of phenols is 2. The van der Waals surface area contributed by atoms with Gasteiger partial charge in [-0.1, -0.05) is 13.8 Å². The average Bonchev–Trinajstić information content (AvgIpc) is 3.07. The molecule has 0 unspecified atom stereocenters. The highest BCUT2D eigenvalue weighted by Crippen LogP contribution is 2.38. The number of ether oxygens (including phenoxy) is 1. The van der Waals surface area contributed by atoms with Crippen LogP contribution in [0.15, 0.2) is 30.5 Å². The molecule has 0 saturated carbocycles. The van der Waals surface area contributed by atoms with Crippen LogP contribution in [0.25, 0.3) is 17.1 Å². The first kappa shape index (κ1) is 19.2. The minimum absolute atomic E-state index is 0.00145. The maximum atomic E-state index is 12.4. The first-order chi connectivity index (χ1) is 13.3. The number of aromatic hydroxyl groups is 2. The number of esters is 1. The molecular formula is C19H21N5O4. The number of aromatic nitrogens is 4. The Morgan fingerprint density at radius 1 is 1.21 bits per heavy atom. The number of hydrogen-bond donors (Lipinski definition) is 3. The van der Waals surface area contributed by atoms with E-state index in [2.05, 4.69) is 15.2 Å². The van der Waals surface area contributed by atoms with Crippen molar-refractivity contribution in [3.8, 4) is 28.6 Å². The van der Waals surface area contributed by atoms with Gasteiger partial charge in [0.25, 0.3) is 0 Å². The molecule has 9 nitrogen and oxygen atoms in total. The number of phenolic OH excluding ortho intramolecular Hbond substituents is 2. The van der Waals surface area contributed by atoms with Crippen molar-refractivity contribution < 1.29 is 19.7 Å². The summed E-state index contributed by atoms with van der Waals surface area (Å²) in [6.07, 6.45) is 1.46. The molecule has 0 aliphatic heterocycles. The van der Waals surface area contributed by atoms with Crippen molar-refractivity contribution in [1.29, 1.82) is 0 Å². The third-order valence-corrected chi connectivity index (χ3v) is 4.16. The summed E-state index contributed by atoms with van der Waals surface area (Å²) in [5, 5.41) is 28.6. The molecule has 0 fully saturated rings. The Labute approximate surface area is 161 Å². The van der Waals surface area contributed by atoms with Gasteiger partial charge in [-0.05, 0) is 36.6 Å². The molecule has 0 aliphatic rings. The fourth-order valence-electron chi connectivity index (χ4n) is 2.80. The fourth-order valence-corrected chi connectivity index (χ4v) is 2.80. The zero-order valence-corrected chi connectivity index (χ0v) is 15.7. The highest BCUT2D eigenvalue weighted by Gasteiger charge is 2.25. The van der Waals surface area contributed by atoms with Gasteiger partial charge in [0.2, 0.25) is 5.82 Å². The molecule has 0 amide bonds. The standard InChI is InChI=1S/C19H21N5O4/c1-4-28-19(27)18-23-22-17(24(18)11-5-6-16(20)21-9-11)13-7-12(10(2)3)14(25)8-15(13)26/h5-10,25-26H,4H2,1-3H3,(H2,20,21). The third kappa shape index (κ3) is 3.46. The largest absolute Gasteiger partial charge is 0.508 e. The smallest absolute Gasteiger partial charge is 0.376 e. The Hall–Kier alpha value is -3.62. The lowest BCUT2D eigenvalue weighted by Crippen LogP contribution is -2.13. The molecular weight excluding hydrogens is 362 g/mol. The van der Waals surface area contributed by atoms with E-state index in [9.17, 15) is 15.0 Å². The zero-order chi connectivity index (χ0) is 20.4. The first-order valence-corrected chi connectivity index (χ1v) is 8.74. The van der Waals surface area contributed by atoms with Crippen LogP contribution in [0.3, 0.4) is 0 Å². The summed E-state index contributed by atoms with van der Waals surface area (Å²) < 4.78 is 6.50. The molecule has 28 heavy (non-hydrogen) atoms. The number of carbonyl (C=O) groups is 1. The Morgan fingerprint density at radius 3 is 2.57 bits per heavy atom. The molecule has 0 saturated heterocycles. The van der Waals surface area contributed by atoms with Crippen molar-refractivity contribution >= 4 is 11.8 Å². The second-order valence-electron chi connectivity index (χ2n) is 6.43. The van der Waals surface area contributed by atoms with Crippen LogP contribution in [0.5, 0.6) is 11.5 Å². The van der Waals surface area contributed by atoms with Gasteiger partial charge in [-0.15, -0.1) is 10.2 Å². The third-order valence-electron chi connectivity index (χ3n) is 4.16. The van der Waals surface area contributed by atoms with Gasteiger partial charge in [-0.2, -0.15) is 0 Å². The minimum Gasteiger partial charge on any atom is -0.508 e. The Kier molecular flexibility index (Phi) is 5.16. The molecule has 0 aliphatic carbocycles. The molecule has 146 valence electrons. The van der Waals surface area contributed by atoms with E-state index in [1.807, 2.05) is 13.8 Å². The van der Waals surface area contributed by atoms with Crippen molar-refractivity contribution in [2.75, 3.05) is 12.3 Å². The number of nitrogens with two attached hydrogens (primary N) is 1. The van der Waals surface area contributed by atoms with Gasteiger partial charge in [0, 0.05) is 6.07 Å². The molecule has 3 aromatic rings. The summed E-state index contributed by atoms with van der Waals surface area (Å²) in [4.78, 5) is 16.4. The molecule has 9 heteroatoms. The van der Waals surface area contributed by atoms with Crippen LogP contribution in [0.1, 0.15) is 42.9 Å². The molecule has 0 bridgehead atoms. The molecule has 2 heterocycles. The van der Waals surface area contributed by atoms with E-state index in [-0.39, 0.29) is 35.7 Å². The maximum Gasteiger partial charge on any atom is 0.376 e. The minimum atomic E-state index is -0.666. The number of anilines is 1. The Bertz CT molecular complexity index is 1010. The molecule has 0 atom stereocenters. The van der Waals surface area contributed by atoms with Crippen LogP contribution in [0.2, 0.25) is 0 Å². The number of benzene rings is 1. The molecule has 2 aromatic heterocycles. The van der Waals surface area contributed by atoms with Gasteiger partial charge in [0.05, 0.1) is 24.1 Å². The average molecular weight is 383 g/mol. The highest BCUT2D eigenvalue weighted by molar-refractivity contribution is 5.87. The van der Waals surface area contributed by atoms with Gasteiger partial charge >= 0.3 is 5.97 Å². The number of pyridine rings is 1. The summed E-state index contributed by atoms with van der Waals surface area (Å²) >= 11 is 0. The number of carbonyl (C=O) groups excluding carboxylic acids is 1. The lowest BCUT2D eigenvalue weighted by Gasteiger charge is -2.14. The lowest BCUT2D eigenvalue weighted by molar-refractivity contribution is 0.0509. The van der Waals surface area contributed by atoms with E-state index >= 15 is 0 Å². The Balaban J connectivity index is 2.26. The monoisotopic (exact) mass is 383 g/mol. The summed E-state index contributed by atoms with van der Waals surface area (Å²) in [5.74, 6) is -0.447. The summed E-state index contributed by atoms with van der Waals surface area (Å²) in [6, 6.07) is 6.09. The van der Waals surface area contributed by atoms with Gasteiger partial charge in [-0.25, -0.2) is 9.78 Å². The quantitative estimate of drug-likeness (QED) is 0.572. The molecule has 0 spiro atoms. The van der Waals surface area contributed by atoms with Crippen LogP contribution in [-0.2, 0) is 4.74 Å². The van der Waals surface area contributed by atoms with Crippen LogP contribution < -0.4 is 5.73 Å². The second-order valence-corrected chi connectivity index (χ2v) is 6.43. The SMILES string of the molecule is CCOC(=O)c1nnc(-c2cc(C(C)C)c(O)cc2O)n1-c1ccc(N)nc1. The van der Waals surface area contributed by atoms with Crippen LogP contribution in [0.4, 0.5) is 5.82 Å². The topological polar surface area (TPSA) is 136 Å². The highest BCUT2D eigenvalue weighted by atomic mass is 16.5. The zero-order valence-electron chi connectivity index (χ0n) is 15.7. The van der Waals surface area contributed by atoms with E-state index in [1.54, 1.807) is 25.1 Å². The lowest BCUT2D eigenvalue weighted by atomic mass is 9.98. The summed E-state index contributed by atoms with van der Waals surface area (Å²) in [5.41, 5.74) is 7.05. The van der Waals surface area contributed by atoms with E-state index in [0.29, 0.717) is 22.6 Å². The number of rotatable bonds is 5. The maximum absolute atomic E-state index is 12.4. The van der Waals surface area contributed by atoms with Crippen molar-refractivity contribution in [3.63, 3.8) is 0 Å². The van der Waals surface area contributed by atoms with Crippen LogP contribution in [0, 0.1) is 0 Å². The van der Waals surface area contributed by atoms with Crippen molar-refractivity contribution in [3.05, 3.63) is 41.9 Å². The van der Waals surface area contributed by atoms with Crippen molar-refractivity contribution in [2.45, 2.75) is 26.7 Å². The molecule has 1 aromatic carbocycles. The van der Waals surface area contributed by atoms with Gasteiger partial charge in [0.1, 0.15) is 17.3 Å². The number of nitrogens with zero attached hydrogens (tertiary/aromatic N) is 4. The molecule has 0 radical (unpaired) electrons. The number of hydrogen-bond acceptors (Lipinski definition) is 8. The van der Waals surface area contributed by atoms with E-state index in [4.69, 9.17) is 10.5 Å². The van der Waals surface area contributed by atoms with Crippen LogP contribution in [-0.4, -0.2) is 42.5 Å². The van der Waals surface area contributed by atoms with Crippen molar-refractivity contribution in [2.24, 2.45) is 0 Å². The predicted octanol–water partition coefficient (Wildman–Crippen LogP) is 2.62. The normalized spacial score (nSPS) is 11.0. The number of nitrogen functional groups attached to an aromatic ring is 1. The van der Waals surface area contributed by atoms with Crippen LogP contribution >= 0.6 is 0 Å². The summed E-state index contributed by atoms with van der Waals surface area (Å²) in [6.45, 7) is 5.68. The predicted molar refractivity (Wildman–Crippen MR) is 102 cm³/mol.